The quantitative estimate of drug-likeness (QED) is 0.912. The van der Waals surface area contributed by atoms with Gasteiger partial charge in [0.25, 0.3) is 11.8 Å². The van der Waals surface area contributed by atoms with Crippen LogP contribution in [0.5, 0.6) is 0 Å². The van der Waals surface area contributed by atoms with Gasteiger partial charge in [0, 0.05) is 23.8 Å². The number of rotatable bonds is 3. The summed E-state index contributed by atoms with van der Waals surface area (Å²) in [5.41, 5.74) is 0.865. The minimum atomic E-state index is -0.464. The zero-order chi connectivity index (χ0) is 15.4. The summed E-state index contributed by atoms with van der Waals surface area (Å²) in [6.07, 6.45) is 1.43. The Morgan fingerprint density at radius 3 is 2.52 bits per heavy atom. The lowest BCUT2D eigenvalue weighted by molar-refractivity contribution is 0.0961. The van der Waals surface area contributed by atoms with E-state index in [1.54, 1.807) is 12.1 Å². The lowest BCUT2D eigenvalue weighted by atomic mass is 10.2. The van der Waals surface area contributed by atoms with Crippen molar-refractivity contribution in [3.63, 3.8) is 0 Å². The van der Waals surface area contributed by atoms with E-state index in [-0.39, 0.29) is 11.6 Å². The maximum absolute atomic E-state index is 12.1. The van der Waals surface area contributed by atoms with Gasteiger partial charge in [-0.3, -0.25) is 14.6 Å². The normalized spacial score (nSPS) is 10.0. The number of hydrogen-bond acceptors (Lipinski definition) is 3. The maximum Gasteiger partial charge on any atom is 0.274 e. The number of benzene rings is 1. The Morgan fingerprint density at radius 1 is 1.10 bits per heavy atom. The molecular weight excluding hydrogens is 313 g/mol. The van der Waals surface area contributed by atoms with Crippen LogP contribution in [0.15, 0.2) is 36.5 Å². The van der Waals surface area contributed by atoms with Gasteiger partial charge < -0.3 is 10.6 Å². The van der Waals surface area contributed by atoms with Crippen molar-refractivity contribution in [2.24, 2.45) is 0 Å². The van der Waals surface area contributed by atoms with Crippen molar-refractivity contribution < 1.29 is 9.59 Å². The first-order chi connectivity index (χ1) is 10.0. The summed E-state index contributed by atoms with van der Waals surface area (Å²) in [6.45, 7) is 0. The molecule has 0 aliphatic carbocycles. The van der Waals surface area contributed by atoms with Crippen LogP contribution in [0.2, 0.25) is 10.0 Å². The summed E-state index contributed by atoms with van der Waals surface area (Å²) in [4.78, 5) is 27.6. The highest BCUT2D eigenvalue weighted by molar-refractivity contribution is 6.34. The molecule has 0 saturated carbocycles. The Labute approximate surface area is 131 Å². The van der Waals surface area contributed by atoms with Crippen molar-refractivity contribution in [3.05, 3.63) is 57.8 Å². The minimum absolute atomic E-state index is 0.156. The standard InChI is InChI=1S/C14H11Cl2N3O2/c1-17-13(20)8-2-3-10(16)11(6-8)19-14(21)12-7-9(15)4-5-18-12/h2-7H,1H3,(H,17,20)(H,19,21). The van der Waals surface area contributed by atoms with Crippen LogP contribution < -0.4 is 10.6 Å². The van der Waals surface area contributed by atoms with Crippen molar-refractivity contribution in [3.8, 4) is 0 Å². The van der Waals surface area contributed by atoms with Crippen LogP contribution in [0.25, 0.3) is 0 Å². The van der Waals surface area contributed by atoms with Gasteiger partial charge in [-0.15, -0.1) is 0 Å². The molecule has 2 N–H and O–H groups in total. The highest BCUT2D eigenvalue weighted by Crippen LogP contribution is 2.23. The third-order valence-corrected chi connectivity index (χ3v) is 3.22. The van der Waals surface area contributed by atoms with Crippen molar-refractivity contribution in [2.75, 3.05) is 12.4 Å². The van der Waals surface area contributed by atoms with Gasteiger partial charge in [0.2, 0.25) is 0 Å². The van der Waals surface area contributed by atoms with Crippen LogP contribution in [-0.4, -0.2) is 23.8 Å². The van der Waals surface area contributed by atoms with E-state index in [0.717, 1.165) is 0 Å². The first kappa shape index (κ1) is 15.3. The second kappa shape index (κ2) is 6.56. The van der Waals surface area contributed by atoms with Gasteiger partial charge >= 0.3 is 0 Å². The van der Waals surface area contributed by atoms with E-state index >= 15 is 0 Å². The third kappa shape index (κ3) is 3.71. The Bertz CT molecular complexity index is 704. The number of pyridine rings is 1. The van der Waals surface area contributed by atoms with Crippen LogP contribution in [0.3, 0.4) is 0 Å². The average molecular weight is 324 g/mol. The van der Waals surface area contributed by atoms with E-state index in [0.29, 0.717) is 21.3 Å². The summed E-state index contributed by atoms with van der Waals surface area (Å²) in [5, 5.41) is 5.82. The lowest BCUT2D eigenvalue weighted by Crippen LogP contribution is -2.19. The maximum atomic E-state index is 12.1. The number of amides is 2. The molecule has 0 fully saturated rings. The first-order valence-electron chi connectivity index (χ1n) is 5.96. The number of aromatic nitrogens is 1. The summed E-state index contributed by atoms with van der Waals surface area (Å²) in [5.74, 6) is -0.739. The smallest absolute Gasteiger partial charge is 0.274 e. The number of anilines is 1. The summed E-state index contributed by atoms with van der Waals surface area (Å²) in [6, 6.07) is 7.59. The predicted molar refractivity (Wildman–Crippen MR) is 82.0 cm³/mol. The summed E-state index contributed by atoms with van der Waals surface area (Å²) < 4.78 is 0. The molecule has 0 saturated heterocycles. The fourth-order valence-corrected chi connectivity index (χ4v) is 1.95. The molecular formula is C14H11Cl2N3O2. The van der Waals surface area contributed by atoms with Gasteiger partial charge in [0.15, 0.2) is 0 Å². The number of nitrogens with one attached hydrogen (secondary N) is 2. The molecule has 2 rings (SSSR count). The molecule has 5 nitrogen and oxygen atoms in total. The van der Waals surface area contributed by atoms with E-state index in [1.807, 2.05) is 0 Å². The van der Waals surface area contributed by atoms with Gasteiger partial charge in [-0.25, -0.2) is 0 Å². The molecule has 0 radical (unpaired) electrons. The topological polar surface area (TPSA) is 71.1 Å². The SMILES string of the molecule is CNC(=O)c1ccc(Cl)c(NC(=O)c2cc(Cl)ccn2)c1. The van der Waals surface area contributed by atoms with Crippen molar-refractivity contribution >= 4 is 40.7 Å². The van der Waals surface area contributed by atoms with Gasteiger partial charge in [-0.05, 0) is 30.3 Å². The average Bonchev–Trinajstić information content (AvgIpc) is 2.48. The fraction of sp³-hybridized carbons (Fsp3) is 0.0714. The van der Waals surface area contributed by atoms with E-state index in [4.69, 9.17) is 23.2 Å². The molecule has 0 aliphatic rings. The van der Waals surface area contributed by atoms with Crippen molar-refractivity contribution in [2.45, 2.75) is 0 Å². The first-order valence-corrected chi connectivity index (χ1v) is 6.71. The van der Waals surface area contributed by atoms with Gasteiger partial charge in [-0.1, -0.05) is 23.2 Å². The van der Waals surface area contributed by atoms with Crippen molar-refractivity contribution in [1.82, 2.24) is 10.3 Å². The Morgan fingerprint density at radius 2 is 1.86 bits per heavy atom. The molecule has 2 amide bonds. The zero-order valence-electron chi connectivity index (χ0n) is 11.0. The number of hydrogen-bond donors (Lipinski definition) is 2. The summed E-state index contributed by atoms with van der Waals surface area (Å²) in [7, 11) is 1.52. The second-order valence-corrected chi connectivity index (χ2v) is 4.93. The van der Waals surface area contributed by atoms with E-state index in [2.05, 4.69) is 15.6 Å². The zero-order valence-corrected chi connectivity index (χ0v) is 12.5. The molecule has 1 heterocycles. The van der Waals surface area contributed by atoms with Gasteiger partial charge in [-0.2, -0.15) is 0 Å². The molecule has 0 bridgehead atoms. The molecule has 0 atom stereocenters. The second-order valence-electron chi connectivity index (χ2n) is 4.09. The summed E-state index contributed by atoms with van der Waals surface area (Å²) >= 11 is 11.8. The lowest BCUT2D eigenvalue weighted by Gasteiger charge is -2.09. The van der Waals surface area contributed by atoms with Gasteiger partial charge in [0.05, 0.1) is 10.7 Å². The largest absolute Gasteiger partial charge is 0.355 e. The minimum Gasteiger partial charge on any atom is -0.355 e. The predicted octanol–water partition coefficient (Wildman–Crippen LogP) is 3.00. The molecule has 2 aromatic rings. The van der Waals surface area contributed by atoms with E-state index in [1.165, 1.54) is 31.4 Å². The van der Waals surface area contributed by atoms with Crippen LogP contribution in [0.1, 0.15) is 20.8 Å². The molecule has 0 unspecified atom stereocenters. The Hall–Kier alpha value is -2.11. The van der Waals surface area contributed by atoms with E-state index in [9.17, 15) is 9.59 Å². The van der Waals surface area contributed by atoms with Crippen molar-refractivity contribution in [1.29, 1.82) is 0 Å². The number of carbonyl (C=O) groups excluding carboxylic acids is 2. The number of nitrogens with zero attached hydrogens (tertiary/aromatic N) is 1. The van der Waals surface area contributed by atoms with Crippen LogP contribution in [0, 0.1) is 0 Å². The molecule has 21 heavy (non-hydrogen) atoms. The van der Waals surface area contributed by atoms with Crippen LogP contribution >= 0.6 is 23.2 Å². The molecule has 0 aliphatic heterocycles. The monoisotopic (exact) mass is 323 g/mol. The highest BCUT2D eigenvalue weighted by atomic mass is 35.5. The highest BCUT2D eigenvalue weighted by Gasteiger charge is 2.12. The van der Waals surface area contributed by atoms with Crippen LogP contribution in [0.4, 0.5) is 5.69 Å². The van der Waals surface area contributed by atoms with Gasteiger partial charge in [0.1, 0.15) is 5.69 Å². The number of halogens is 2. The molecule has 1 aromatic carbocycles. The Balaban J connectivity index is 2.26. The Kier molecular flexibility index (Phi) is 4.77. The fourth-order valence-electron chi connectivity index (χ4n) is 1.62. The molecule has 0 spiro atoms. The van der Waals surface area contributed by atoms with Crippen LogP contribution in [-0.2, 0) is 0 Å². The molecule has 108 valence electrons. The molecule has 7 heteroatoms. The third-order valence-electron chi connectivity index (χ3n) is 2.66. The molecule has 1 aromatic heterocycles. The number of carbonyl (C=O) groups is 2. The van der Waals surface area contributed by atoms with E-state index < -0.39 is 5.91 Å².